The van der Waals surface area contributed by atoms with Gasteiger partial charge in [-0.25, -0.2) is 0 Å². The van der Waals surface area contributed by atoms with Crippen LogP contribution in [-0.4, -0.2) is 17.6 Å². The van der Waals surface area contributed by atoms with E-state index in [1.807, 2.05) is 0 Å². The molecule has 0 aliphatic heterocycles. The van der Waals surface area contributed by atoms with E-state index in [-0.39, 0.29) is 17.6 Å². The second kappa shape index (κ2) is 5.82. The zero-order valence-electron chi connectivity index (χ0n) is 9.76. The number of hydrogen-bond donors (Lipinski definition) is 0. The summed E-state index contributed by atoms with van der Waals surface area (Å²) in [4.78, 5) is 1.72. The molecule has 0 atom stereocenters. The summed E-state index contributed by atoms with van der Waals surface area (Å²) in [6, 6.07) is 8.58. The molecule has 0 N–H and O–H groups in total. The lowest BCUT2D eigenvalue weighted by molar-refractivity contribution is 1.61. The van der Waals surface area contributed by atoms with Crippen LogP contribution in [0.2, 0.25) is 26.2 Å². The Hall–Kier alpha value is -0.126. The number of hydrogen-bond acceptors (Lipinski definition) is 0. The normalized spacial score (nSPS) is 10.9. The van der Waals surface area contributed by atoms with E-state index in [0.717, 1.165) is 4.47 Å². The van der Waals surface area contributed by atoms with Gasteiger partial charge in [-0.15, -0.1) is 0 Å². The highest BCUT2D eigenvalue weighted by molar-refractivity contribution is 9.10. The Morgan fingerprint density at radius 3 is 1.87 bits per heavy atom. The van der Waals surface area contributed by atoms with Gasteiger partial charge in [-0.3, -0.25) is 0 Å². The summed E-state index contributed by atoms with van der Waals surface area (Å²) < 4.78 is 1.15. The van der Waals surface area contributed by atoms with E-state index in [0.29, 0.717) is 0 Å². The molecule has 1 rings (SSSR count). The van der Waals surface area contributed by atoms with Gasteiger partial charge in [-0.05, 0) is 17.7 Å². The monoisotopic (exact) mass is 296 g/mol. The highest BCUT2D eigenvalue weighted by Gasteiger charge is 2.10. The smallest absolute Gasteiger partial charge is 0.0684 e. The molecule has 1 aromatic carbocycles. The summed E-state index contributed by atoms with van der Waals surface area (Å²) in [5, 5.41) is 0. The molecular formula is C12H17BrSi2. The van der Waals surface area contributed by atoms with Crippen molar-refractivity contribution < 1.29 is 0 Å². The van der Waals surface area contributed by atoms with Gasteiger partial charge in [0.15, 0.2) is 0 Å². The second-order valence-electron chi connectivity index (χ2n) is 4.11. The van der Waals surface area contributed by atoms with Crippen LogP contribution in [0.25, 0.3) is 6.08 Å². The number of halogens is 1. The highest BCUT2D eigenvalue weighted by atomic mass is 79.9. The lowest BCUT2D eigenvalue weighted by atomic mass is 10.2. The van der Waals surface area contributed by atoms with Crippen molar-refractivity contribution in [2.45, 2.75) is 26.2 Å². The molecule has 0 heterocycles. The Bertz CT molecular complexity index is 329. The molecule has 0 saturated heterocycles. The minimum Gasteiger partial charge on any atom is -0.0938 e. The first-order valence-electron chi connectivity index (χ1n) is 5.09. The minimum absolute atomic E-state index is 0.285. The predicted molar refractivity (Wildman–Crippen MR) is 77.1 cm³/mol. The zero-order valence-corrected chi connectivity index (χ0v) is 13.4. The quantitative estimate of drug-likeness (QED) is 0.725. The van der Waals surface area contributed by atoms with Crippen LogP contribution in [0, 0.1) is 0 Å². The van der Waals surface area contributed by atoms with E-state index in [2.05, 4.69) is 72.5 Å². The van der Waals surface area contributed by atoms with Crippen molar-refractivity contribution in [2.75, 3.05) is 0 Å². The molecule has 0 fully saturated rings. The largest absolute Gasteiger partial charge is 0.0938 e. The van der Waals surface area contributed by atoms with Gasteiger partial charge >= 0.3 is 0 Å². The lowest BCUT2D eigenvalue weighted by Gasteiger charge is -2.13. The maximum atomic E-state index is 3.46. The Balaban J connectivity index is 2.97. The molecule has 0 nitrogen and oxygen atoms in total. The van der Waals surface area contributed by atoms with Crippen molar-refractivity contribution in [1.29, 1.82) is 0 Å². The van der Waals surface area contributed by atoms with E-state index in [1.165, 1.54) is 5.56 Å². The molecule has 1 aromatic rings. The van der Waals surface area contributed by atoms with Crippen molar-refractivity contribution in [3.63, 3.8) is 0 Å². The third kappa shape index (κ3) is 4.09. The van der Waals surface area contributed by atoms with Crippen LogP contribution in [0.3, 0.4) is 0 Å². The molecule has 0 amide bonds. The fourth-order valence-corrected chi connectivity index (χ4v) is 6.69. The highest BCUT2D eigenvalue weighted by Crippen LogP contribution is 2.15. The SMILES string of the molecule is C[Si](C)C(=Cc1ccc(Br)cc1)[Si](C)C. The third-order valence-corrected chi connectivity index (χ3v) is 8.23. The molecule has 2 radical (unpaired) electrons. The van der Waals surface area contributed by atoms with E-state index < -0.39 is 0 Å². The predicted octanol–water partition coefficient (Wildman–Crippen LogP) is 4.42. The van der Waals surface area contributed by atoms with Crippen molar-refractivity contribution in [1.82, 2.24) is 0 Å². The third-order valence-electron chi connectivity index (χ3n) is 2.26. The Labute approximate surface area is 105 Å². The fourth-order valence-electron chi connectivity index (χ4n) is 1.51. The summed E-state index contributed by atoms with van der Waals surface area (Å²) in [7, 11) is -0.571. The van der Waals surface area contributed by atoms with E-state index in [9.17, 15) is 0 Å². The topological polar surface area (TPSA) is 0 Å². The summed E-state index contributed by atoms with van der Waals surface area (Å²) in [5.74, 6) is 0. The molecule has 15 heavy (non-hydrogen) atoms. The van der Waals surface area contributed by atoms with Crippen LogP contribution in [-0.2, 0) is 0 Å². The van der Waals surface area contributed by atoms with Gasteiger partial charge in [0.25, 0.3) is 0 Å². The standard InChI is InChI=1S/C12H17BrSi2/c1-14(2)12(15(3)4)9-10-5-7-11(13)8-6-10/h5-9H,1-4H3. The van der Waals surface area contributed by atoms with Gasteiger partial charge in [0.2, 0.25) is 0 Å². The van der Waals surface area contributed by atoms with E-state index in [4.69, 9.17) is 0 Å². The molecule has 0 aliphatic carbocycles. The van der Waals surface area contributed by atoms with Gasteiger partial charge < -0.3 is 0 Å². The Morgan fingerprint density at radius 2 is 1.47 bits per heavy atom. The van der Waals surface area contributed by atoms with Gasteiger partial charge in [0.1, 0.15) is 0 Å². The van der Waals surface area contributed by atoms with Gasteiger partial charge in [-0.2, -0.15) is 0 Å². The van der Waals surface area contributed by atoms with E-state index in [1.54, 1.807) is 4.82 Å². The second-order valence-corrected chi connectivity index (χ2v) is 10.6. The van der Waals surface area contributed by atoms with E-state index >= 15 is 0 Å². The summed E-state index contributed by atoms with van der Waals surface area (Å²) in [5.41, 5.74) is 1.34. The van der Waals surface area contributed by atoms with Crippen LogP contribution in [0.1, 0.15) is 5.56 Å². The van der Waals surface area contributed by atoms with Gasteiger partial charge in [-0.1, -0.05) is 65.1 Å². The molecule has 0 saturated carbocycles. The molecule has 0 aliphatic rings. The minimum atomic E-state index is -0.285. The number of benzene rings is 1. The first-order valence-corrected chi connectivity index (χ1v) is 10.9. The maximum absolute atomic E-state index is 3.46. The molecule has 0 aromatic heterocycles. The molecule has 0 spiro atoms. The van der Waals surface area contributed by atoms with Crippen LogP contribution in [0.15, 0.2) is 33.6 Å². The summed E-state index contributed by atoms with van der Waals surface area (Å²) in [6.45, 7) is 9.53. The molecule has 3 heteroatoms. The molecule has 0 unspecified atom stereocenters. The van der Waals surface area contributed by atoms with Crippen molar-refractivity contribution in [2.24, 2.45) is 0 Å². The first-order chi connectivity index (χ1) is 7.00. The van der Waals surface area contributed by atoms with Crippen LogP contribution in [0.5, 0.6) is 0 Å². The lowest BCUT2D eigenvalue weighted by Crippen LogP contribution is -2.18. The molecule has 0 bridgehead atoms. The van der Waals surface area contributed by atoms with Gasteiger partial charge in [0, 0.05) is 4.47 Å². The Morgan fingerprint density at radius 1 is 1.00 bits per heavy atom. The first kappa shape index (κ1) is 12.9. The molecular weight excluding hydrogens is 280 g/mol. The summed E-state index contributed by atoms with van der Waals surface area (Å²) >= 11 is 3.46. The average molecular weight is 297 g/mol. The van der Waals surface area contributed by atoms with Crippen molar-refractivity contribution in [3.8, 4) is 0 Å². The fraction of sp³-hybridized carbons (Fsp3) is 0.333. The average Bonchev–Trinajstić information content (AvgIpc) is 2.15. The molecule has 80 valence electrons. The van der Waals surface area contributed by atoms with Crippen LogP contribution >= 0.6 is 15.9 Å². The van der Waals surface area contributed by atoms with Crippen molar-refractivity contribution >= 4 is 39.6 Å². The zero-order chi connectivity index (χ0) is 11.4. The Kier molecular flexibility index (Phi) is 5.02. The number of rotatable bonds is 3. The van der Waals surface area contributed by atoms with Gasteiger partial charge in [0.05, 0.1) is 17.6 Å². The van der Waals surface area contributed by atoms with Crippen LogP contribution < -0.4 is 0 Å². The maximum Gasteiger partial charge on any atom is 0.0684 e. The van der Waals surface area contributed by atoms with Crippen LogP contribution in [0.4, 0.5) is 0 Å². The summed E-state index contributed by atoms with van der Waals surface area (Å²) in [6.07, 6.45) is 2.40. The van der Waals surface area contributed by atoms with Crippen molar-refractivity contribution in [3.05, 3.63) is 39.1 Å².